The van der Waals surface area contributed by atoms with E-state index in [1.54, 1.807) is 6.07 Å². The third-order valence-electron chi connectivity index (χ3n) is 2.55. The molecule has 0 aliphatic carbocycles. The van der Waals surface area contributed by atoms with Gasteiger partial charge in [-0.1, -0.05) is 17.0 Å². The predicted molar refractivity (Wildman–Crippen MR) is 77.4 cm³/mol. The van der Waals surface area contributed by atoms with Gasteiger partial charge in [0.05, 0.1) is 28.5 Å². The maximum Gasteiger partial charge on any atom is 0.261 e. The number of nitrogens with two attached hydrogens (primary N) is 1. The van der Waals surface area contributed by atoms with Crippen LogP contribution in [0, 0.1) is 25.7 Å². The van der Waals surface area contributed by atoms with Crippen LogP contribution in [0.3, 0.4) is 0 Å². The molecule has 104 valence electrons. The topological polar surface area (TPSA) is 81.2 Å². The van der Waals surface area contributed by atoms with Gasteiger partial charge in [-0.3, -0.25) is 4.79 Å². The number of nitrogens with zero attached hydrogens (tertiary/aromatic N) is 1. The molecule has 0 saturated carbocycles. The Labute approximate surface area is 121 Å². The number of rotatable bonds is 3. The molecule has 2 aromatic rings. The molecule has 0 aliphatic heterocycles. The van der Waals surface area contributed by atoms with Crippen molar-refractivity contribution < 1.29 is 9.32 Å². The van der Waals surface area contributed by atoms with Gasteiger partial charge in [-0.25, -0.2) is 0 Å². The van der Waals surface area contributed by atoms with E-state index >= 15 is 0 Å². The SMILES string of the molecule is Cc1cc(CNC(=O)c2cc(C)c(C#CCN)s2)on1. The van der Waals surface area contributed by atoms with Crippen molar-refractivity contribution in [3.8, 4) is 11.8 Å². The molecule has 2 heterocycles. The van der Waals surface area contributed by atoms with E-state index in [0.29, 0.717) is 23.7 Å². The summed E-state index contributed by atoms with van der Waals surface area (Å²) in [5.74, 6) is 6.24. The number of amides is 1. The smallest absolute Gasteiger partial charge is 0.261 e. The molecule has 6 heteroatoms. The van der Waals surface area contributed by atoms with E-state index < -0.39 is 0 Å². The van der Waals surface area contributed by atoms with Crippen molar-refractivity contribution in [2.24, 2.45) is 5.73 Å². The number of nitrogens with one attached hydrogen (secondary N) is 1. The van der Waals surface area contributed by atoms with Gasteiger partial charge in [-0.05, 0) is 25.5 Å². The summed E-state index contributed by atoms with van der Waals surface area (Å²) in [6.07, 6.45) is 0. The number of carbonyl (C=O) groups excluding carboxylic acids is 1. The minimum Gasteiger partial charge on any atom is -0.359 e. The second-order valence-corrected chi connectivity index (χ2v) is 5.30. The van der Waals surface area contributed by atoms with Gasteiger partial charge >= 0.3 is 0 Å². The van der Waals surface area contributed by atoms with E-state index in [0.717, 1.165) is 16.1 Å². The molecule has 5 nitrogen and oxygen atoms in total. The standard InChI is InChI=1S/C14H15N3O2S/c1-9-6-13(20-12(9)4-3-5-15)14(18)16-8-11-7-10(2)17-19-11/h6-7H,5,8,15H2,1-2H3,(H,16,18). The first-order chi connectivity index (χ1) is 9.60. The molecule has 20 heavy (non-hydrogen) atoms. The number of aromatic nitrogens is 1. The molecule has 0 atom stereocenters. The van der Waals surface area contributed by atoms with Crippen LogP contribution in [0.15, 0.2) is 16.7 Å². The first kappa shape index (κ1) is 14.3. The molecule has 0 bridgehead atoms. The third kappa shape index (κ3) is 3.47. The second-order valence-electron chi connectivity index (χ2n) is 4.25. The molecular formula is C14H15N3O2S. The van der Waals surface area contributed by atoms with Crippen LogP contribution in [-0.2, 0) is 6.54 Å². The lowest BCUT2D eigenvalue weighted by Gasteiger charge is -1.99. The van der Waals surface area contributed by atoms with Crippen LogP contribution >= 0.6 is 11.3 Å². The summed E-state index contributed by atoms with van der Waals surface area (Å²) in [7, 11) is 0. The Balaban J connectivity index is 2.02. The highest BCUT2D eigenvalue weighted by atomic mass is 32.1. The summed E-state index contributed by atoms with van der Waals surface area (Å²) in [5.41, 5.74) is 7.12. The molecule has 0 spiro atoms. The third-order valence-corrected chi connectivity index (χ3v) is 3.70. The van der Waals surface area contributed by atoms with Crippen molar-refractivity contribution in [2.45, 2.75) is 20.4 Å². The van der Waals surface area contributed by atoms with Crippen LogP contribution in [0.5, 0.6) is 0 Å². The van der Waals surface area contributed by atoms with Crippen molar-refractivity contribution in [2.75, 3.05) is 6.54 Å². The Bertz CT molecular complexity index is 676. The zero-order valence-corrected chi connectivity index (χ0v) is 12.1. The number of aryl methyl sites for hydroxylation is 2. The zero-order chi connectivity index (χ0) is 14.5. The molecule has 0 radical (unpaired) electrons. The lowest BCUT2D eigenvalue weighted by molar-refractivity contribution is 0.0951. The summed E-state index contributed by atoms with van der Waals surface area (Å²) in [4.78, 5) is 13.5. The van der Waals surface area contributed by atoms with E-state index in [2.05, 4.69) is 22.3 Å². The lowest BCUT2D eigenvalue weighted by atomic mass is 10.2. The van der Waals surface area contributed by atoms with E-state index in [1.165, 1.54) is 11.3 Å². The average molecular weight is 289 g/mol. The predicted octanol–water partition coefficient (Wildman–Crippen LogP) is 1.59. The normalized spacial score (nSPS) is 9.95. The van der Waals surface area contributed by atoms with Crippen LogP contribution in [0.4, 0.5) is 0 Å². The van der Waals surface area contributed by atoms with Gasteiger partial charge in [0.15, 0.2) is 5.76 Å². The largest absolute Gasteiger partial charge is 0.359 e. The highest BCUT2D eigenvalue weighted by Gasteiger charge is 2.12. The zero-order valence-electron chi connectivity index (χ0n) is 11.3. The summed E-state index contributed by atoms with van der Waals surface area (Å²) in [5, 5.41) is 6.56. The Kier molecular flexibility index (Phi) is 4.56. The minimum absolute atomic E-state index is 0.145. The van der Waals surface area contributed by atoms with Crippen LogP contribution < -0.4 is 11.1 Å². The molecular weight excluding hydrogens is 274 g/mol. The van der Waals surface area contributed by atoms with Gasteiger partial charge in [-0.2, -0.15) is 0 Å². The van der Waals surface area contributed by atoms with Crippen LogP contribution in [0.2, 0.25) is 0 Å². The summed E-state index contributed by atoms with van der Waals surface area (Å²) in [6, 6.07) is 3.62. The Morgan fingerprint density at radius 2 is 2.30 bits per heavy atom. The van der Waals surface area contributed by atoms with Crippen LogP contribution in [0.1, 0.15) is 31.6 Å². The maximum atomic E-state index is 12.0. The van der Waals surface area contributed by atoms with E-state index in [9.17, 15) is 4.79 Å². The van der Waals surface area contributed by atoms with E-state index in [-0.39, 0.29) is 5.91 Å². The number of hydrogen-bond donors (Lipinski definition) is 2. The van der Waals surface area contributed by atoms with Gasteiger partial charge in [-0.15, -0.1) is 11.3 Å². The minimum atomic E-state index is -0.145. The molecule has 0 saturated heterocycles. The molecule has 3 N–H and O–H groups in total. The number of carbonyl (C=O) groups is 1. The van der Waals surface area contributed by atoms with Crippen LogP contribution in [-0.4, -0.2) is 17.6 Å². The fraction of sp³-hybridized carbons (Fsp3) is 0.286. The summed E-state index contributed by atoms with van der Waals surface area (Å²) >= 11 is 1.36. The number of hydrogen-bond acceptors (Lipinski definition) is 5. The monoisotopic (exact) mass is 289 g/mol. The van der Waals surface area contributed by atoms with Gasteiger partial charge in [0, 0.05) is 6.07 Å². The van der Waals surface area contributed by atoms with Gasteiger partial charge < -0.3 is 15.6 Å². The molecule has 1 amide bonds. The first-order valence-electron chi connectivity index (χ1n) is 6.10. The van der Waals surface area contributed by atoms with Crippen molar-refractivity contribution >= 4 is 17.2 Å². The fourth-order valence-corrected chi connectivity index (χ4v) is 2.57. The van der Waals surface area contributed by atoms with E-state index in [4.69, 9.17) is 10.3 Å². The molecule has 0 aromatic carbocycles. The molecule has 2 aromatic heterocycles. The molecule has 0 fully saturated rings. The average Bonchev–Trinajstić information content (AvgIpc) is 3.00. The fourth-order valence-electron chi connectivity index (χ4n) is 1.60. The second kappa shape index (κ2) is 6.37. The summed E-state index contributed by atoms with van der Waals surface area (Å²) in [6.45, 7) is 4.39. The Morgan fingerprint density at radius 3 is 2.95 bits per heavy atom. The highest BCUT2D eigenvalue weighted by Crippen LogP contribution is 2.20. The lowest BCUT2D eigenvalue weighted by Crippen LogP contribution is -2.21. The molecule has 0 unspecified atom stereocenters. The van der Waals surface area contributed by atoms with Crippen LogP contribution in [0.25, 0.3) is 0 Å². The molecule has 2 rings (SSSR count). The van der Waals surface area contributed by atoms with Gasteiger partial charge in [0.25, 0.3) is 5.91 Å². The Morgan fingerprint density at radius 1 is 1.50 bits per heavy atom. The van der Waals surface area contributed by atoms with Crippen molar-refractivity contribution in [1.29, 1.82) is 0 Å². The van der Waals surface area contributed by atoms with Gasteiger partial charge in [0.1, 0.15) is 0 Å². The first-order valence-corrected chi connectivity index (χ1v) is 6.91. The maximum absolute atomic E-state index is 12.0. The van der Waals surface area contributed by atoms with Gasteiger partial charge in [0.2, 0.25) is 0 Å². The highest BCUT2D eigenvalue weighted by molar-refractivity contribution is 7.14. The quantitative estimate of drug-likeness (QED) is 0.841. The van der Waals surface area contributed by atoms with E-state index in [1.807, 2.05) is 19.9 Å². The summed E-state index contributed by atoms with van der Waals surface area (Å²) < 4.78 is 5.04. The van der Waals surface area contributed by atoms with Crippen molar-refractivity contribution in [1.82, 2.24) is 10.5 Å². The Hall–Kier alpha value is -2.10. The number of thiophene rings is 1. The van der Waals surface area contributed by atoms with Crippen molar-refractivity contribution in [3.05, 3.63) is 38.9 Å². The molecule has 0 aliphatic rings. The van der Waals surface area contributed by atoms with Crippen molar-refractivity contribution in [3.63, 3.8) is 0 Å².